The third kappa shape index (κ3) is 4.39. The summed E-state index contributed by atoms with van der Waals surface area (Å²) in [6.07, 6.45) is 3.08. The standard InChI is InChI=1S/C20H28O5/c1-6-11(2)19(22)24-17-10-15-14(5)20(23)25-18(15)9-13(4)16(21)8-7-12(17)3/h6,12-13,15,17-18H,5,7-10H2,1-4H3/b11-6-/t12-,13+,15?,17+,18-/m1/s1. The van der Waals surface area contributed by atoms with E-state index < -0.39 is 5.97 Å². The van der Waals surface area contributed by atoms with E-state index in [2.05, 4.69) is 6.58 Å². The van der Waals surface area contributed by atoms with Gasteiger partial charge in [0, 0.05) is 29.4 Å². The summed E-state index contributed by atoms with van der Waals surface area (Å²) in [5.41, 5.74) is 0.962. The second-order valence-corrected chi connectivity index (χ2v) is 7.35. The Morgan fingerprint density at radius 1 is 1.28 bits per heavy atom. The molecule has 138 valence electrons. The Balaban J connectivity index is 2.26. The number of carbonyl (C=O) groups excluding carboxylic acids is 3. The SMILES string of the molecule is C=C1C(=O)O[C@@H]2C[C@H](C)C(=O)CC[C@@H](C)[C@@H](OC(=O)/C(C)=C\C)CC12. The molecule has 5 atom stereocenters. The van der Waals surface area contributed by atoms with Crippen LogP contribution in [0.1, 0.15) is 53.4 Å². The third-order valence-electron chi connectivity index (χ3n) is 5.53. The fourth-order valence-electron chi connectivity index (χ4n) is 3.45. The molecule has 5 nitrogen and oxygen atoms in total. The van der Waals surface area contributed by atoms with E-state index >= 15 is 0 Å². The lowest BCUT2D eigenvalue weighted by atomic mass is 9.79. The van der Waals surface area contributed by atoms with Crippen molar-refractivity contribution in [1.29, 1.82) is 0 Å². The molecule has 0 bridgehead atoms. The van der Waals surface area contributed by atoms with Gasteiger partial charge in [0.1, 0.15) is 18.0 Å². The van der Waals surface area contributed by atoms with Gasteiger partial charge in [0.2, 0.25) is 0 Å². The lowest BCUT2D eigenvalue weighted by molar-refractivity contribution is -0.149. The second-order valence-electron chi connectivity index (χ2n) is 7.35. The van der Waals surface area contributed by atoms with Crippen molar-refractivity contribution in [2.24, 2.45) is 17.8 Å². The topological polar surface area (TPSA) is 69.7 Å². The summed E-state index contributed by atoms with van der Waals surface area (Å²) in [6.45, 7) is 11.2. The summed E-state index contributed by atoms with van der Waals surface area (Å²) >= 11 is 0. The van der Waals surface area contributed by atoms with Crippen molar-refractivity contribution >= 4 is 17.7 Å². The summed E-state index contributed by atoms with van der Waals surface area (Å²) in [5.74, 6) is -0.947. The molecule has 0 aromatic carbocycles. The van der Waals surface area contributed by atoms with E-state index in [0.29, 0.717) is 36.8 Å². The number of fused-ring (bicyclic) bond motifs is 1. The molecule has 0 aromatic heterocycles. The van der Waals surface area contributed by atoms with E-state index in [1.165, 1.54) is 0 Å². The number of hydrogen-bond donors (Lipinski definition) is 0. The highest BCUT2D eigenvalue weighted by Crippen LogP contribution is 2.38. The van der Waals surface area contributed by atoms with Gasteiger partial charge in [-0.15, -0.1) is 0 Å². The molecule has 1 aliphatic heterocycles. The third-order valence-corrected chi connectivity index (χ3v) is 5.53. The van der Waals surface area contributed by atoms with Crippen LogP contribution in [-0.4, -0.2) is 29.9 Å². The fourth-order valence-corrected chi connectivity index (χ4v) is 3.45. The summed E-state index contributed by atoms with van der Waals surface area (Å²) in [7, 11) is 0. The highest BCUT2D eigenvalue weighted by Gasteiger charge is 2.43. The molecule has 1 heterocycles. The van der Waals surface area contributed by atoms with Gasteiger partial charge in [-0.2, -0.15) is 0 Å². The van der Waals surface area contributed by atoms with Gasteiger partial charge in [0.05, 0.1) is 0 Å². The molecular weight excluding hydrogens is 320 g/mol. The highest BCUT2D eigenvalue weighted by atomic mass is 16.6. The monoisotopic (exact) mass is 348 g/mol. The van der Waals surface area contributed by atoms with Crippen molar-refractivity contribution in [2.75, 3.05) is 0 Å². The Morgan fingerprint density at radius 2 is 1.96 bits per heavy atom. The van der Waals surface area contributed by atoms with Crippen molar-refractivity contribution in [3.8, 4) is 0 Å². The number of hydrogen-bond acceptors (Lipinski definition) is 5. The lowest BCUT2D eigenvalue weighted by Crippen LogP contribution is -2.34. The van der Waals surface area contributed by atoms with Crippen molar-refractivity contribution in [1.82, 2.24) is 0 Å². The zero-order valence-electron chi connectivity index (χ0n) is 15.5. The predicted octanol–water partition coefficient (Wildman–Crippen LogP) is 3.38. The van der Waals surface area contributed by atoms with E-state index in [-0.39, 0.29) is 41.7 Å². The zero-order valence-corrected chi connectivity index (χ0v) is 15.5. The average Bonchev–Trinajstić information content (AvgIpc) is 2.84. The van der Waals surface area contributed by atoms with Crippen LogP contribution in [0, 0.1) is 17.8 Å². The first kappa shape index (κ1) is 19.4. The van der Waals surface area contributed by atoms with Crippen molar-refractivity contribution in [2.45, 2.75) is 65.6 Å². The van der Waals surface area contributed by atoms with Gasteiger partial charge in [-0.25, -0.2) is 9.59 Å². The quantitative estimate of drug-likeness (QED) is 0.565. The summed E-state index contributed by atoms with van der Waals surface area (Å²) in [6, 6.07) is 0. The van der Waals surface area contributed by atoms with Crippen molar-refractivity contribution in [3.05, 3.63) is 23.8 Å². The number of esters is 2. The number of allylic oxidation sites excluding steroid dienone is 1. The summed E-state index contributed by atoms with van der Waals surface area (Å²) in [4.78, 5) is 36.5. The maximum atomic E-state index is 12.3. The molecule has 2 aliphatic rings. The fraction of sp³-hybridized carbons (Fsp3) is 0.650. The highest BCUT2D eigenvalue weighted by molar-refractivity contribution is 5.91. The number of carbonyl (C=O) groups is 3. The molecule has 1 aliphatic carbocycles. The van der Waals surface area contributed by atoms with Gasteiger partial charge in [-0.3, -0.25) is 4.79 Å². The van der Waals surface area contributed by atoms with Crippen LogP contribution >= 0.6 is 0 Å². The molecule has 0 radical (unpaired) electrons. The van der Waals surface area contributed by atoms with Crippen LogP contribution < -0.4 is 0 Å². The van der Waals surface area contributed by atoms with Crippen molar-refractivity contribution < 1.29 is 23.9 Å². The van der Waals surface area contributed by atoms with Crippen LogP contribution in [-0.2, 0) is 23.9 Å². The van der Waals surface area contributed by atoms with Crippen molar-refractivity contribution in [3.63, 3.8) is 0 Å². The van der Waals surface area contributed by atoms with Crippen LogP contribution in [0.25, 0.3) is 0 Å². The molecule has 5 heteroatoms. The average molecular weight is 348 g/mol. The molecule has 0 amide bonds. The molecule has 1 saturated heterocycles. The first-order valence-electron chi connectivity index (χ1n) is 9.01. The molecule has 2 fully saturated rings. The minimum absolute atomic E-state index is 0.0204. The molecule has 0 spiro atoms. The van der Waals surface area contributed by atoms with E-state index in [1.54, 1.807) is 19.9 Å². The van der Waals surface area contributed by atoms with Crippen LogP contribution in [0.2, 0.25) is 0 Å². The molecule has 25 heavy (non-hydrogen) atoms. The van der Waals surface area contributed by atoms with Crippen LogP contribution in [0.15, 0.2) is 23.8 Å². The Bertz CT molecular complexity index is 603. The number of rotatable bonds is 2. The maximum absolute atomic E-state index is 12.3. The predicted molar refractivity (Wildman–Crippen MR) is 93.6 cm³/mol. The number of Topliss-reactive ketones (excluding diaryl/α,β-unsaturated/α-hetero) is 1. The van der Waals surface area contributed by atoms with Crippen LogP contribution in [0.5, 0.6) is 0 Å². The van der Waals surface area contributed by atoms with E-state index in [9.17, 15) is 14.4 Å². The number of ketones is 1. The molecule has 0 N–H and O–H groups in total. The molecule has 1 unspecified atom stereocenters. The number of ether oxygens (including phenoxy) is 2. The molecular formula is C20H28O5. The van der Waals surface area contributed by atoms with E-state index in [1.807, 2.05) is 13.8 Å². The first-order valence-corrected chi connectivity index (χ1v) is 9.01. The largest absolute Gasteiger partial charge is 0.459 e. The summed E-state index contributed by atoms with van der Waals surface area (Å²) in [5, 5.41) is 0. The van der Waals surface area contributed by atoms with Gasteiger partial charge in [-0.1, -0.05) is 26.5 Å². The first-order chi connectivity index (χ1) is 11.7. The van der Waals surface area contributed by atoms with Gasteiger partial charge in [0.15, 0.2) is 0 Å². The zero-order chi connectivity index (χ0) is 18.7. The Hall–Kier alpha value is -1.91. The Labute approximate surface area is 149 Å². The molecule has 2 rings (SSSR count). The maximum Gasteiger partial charge on any atom is 0.334 e. The lowest BCUT2D eigenvalue weighted by Gasteiger charge is -2.30. The normalized spacial score (nSPS) is 34.3. The van der Waals surface area contributed by atoms with E-state index in [0.717, 1.165) is 0 Å². The minimum Gasteiger partial charge on any atom is -0.459 e. The Morgan fingerprint density at radius 3 is 2.60 bits per heavy atom. The van der Waals surface area contributed by atoms with Gasteiger partial charge in [-0.05, 0) is 39.0 Å². The van der Waals surface area contributed by atoms with Gasteiger partial charge in [0.25, 0.3) is 0 Å². The van der Waals surface area contributed by atoms with Gasteiger partial charge >= 0.3 is 11.9 Å². The Kier molecular flexibility index (Phi) is 6.20. The van der Waals surface area contributed by atoms with Crippen LogP contribution in [0.3, 0.4) is 0 Å². The smallest absolute Gasteiger partial charge is 0.334 e. The molecule has 1 saturated carbocycles. The van der Waals surface area contributed by atoms with Crippen LogP contribution in [0.4, 0.5) is 0 Å². The summed E-state index contributed by atoms with van der Waals surface area (Å²) < 4.78 is 11.2. The molecule has 0 aromatic rings. The minimum atomic E-state index is -0.406. The van der Waals surface area contributed by atoms with E-state index in [4.69, 9.17) is 9.47 Å². The van der Waals surface area contributed by atoms with Gasteiger partial charge < -0.3 is 9.47 Å². The second kappa shape index (κ2) is 7.98.